The predicted molar refractivity (Wildman–Crippen MR) is 74.7 cm³/mol. The van der Waals surface area contributed by atoms with E-state index in [1.54, 1.807) is 6.20 Å². The number of piperidine rings is 1. The number of aromatic nitrogens is 1. The molecular weight excluding hydrogens is 280 g/mol. The number of carbonyl (C=O) groups is 2. The van der Waals surface area contributed by atoms with Gasteiger partial charge in [-0.1, -0.05) is 11.6 Å². The van der Waals surface area contributed by atoms with Gasteiger partial charge in [0.15, 0.2) is 0 Å². The Bertz CT molecular complexity index is 510. The summed E-state index contributed by atoms with van der Waals surface area (Å²) in [6.45, 7) is 1.67. The van der Waals surface area contributed by atoms with E-state index in [9.17, 15) is 9.59 Å². The fraction of sp³-hybridized carbons (Fsp3) is 0.462. The minimum absolute atomic E-state index is 0.00597. The number of imide groups is 1. The summed E-state index contributed by atoms with van der Waals surface area (Å²) in [6, 6.07) is 3.43. The molecule has 0 unspecified atom stereocenters. The zero-order chi connectivity index (χ0) is 14.1. The highest BCUT2D eigenvalue weighted by atomic mass is 35.5. The molecule has 3 rings (SSSR count). The maximum atomic E-state index is 11.7. The first-order valence-electron chi connectivity index (χ1n) is 6.61. The van der Waals surface area contributed by atoms with Crippen molar-refractivity contribution in [2.75, 3.05) is 24.5 Å². The van der Waals surface area contributed by atoms with Gasteiger partial charge in [-0.3, -0.25) is 9.69 Å². The van der Waals surface area contributed by atoms with Crippen LogP contribution >= 0.6 is 11.6 Å². The topological polar surface area (TPSA) is 65.5 Å². The van der Waals surface area contributed by atoms with Crippen molar-refractivity contribution in [2.24, 2.45) is 0 Å². The summed E-state index contributed by atoms with van der Waals surface area (Å²) < 4.78 is 0. The van der Waals surface area contributed by atoms with Gasteiger partial charge in [0.25, 0.3) is 0 Å². The Kier molecular flexibility index (Phi) is 3.48. The molecule has 0 spiro atoms. The number of carbonyl (C=O) groups excluding carboxylic acids is 2. The van der Waals surface area contributed by atoms with Gasteiger partial charge in [-0.2, -0.15) is 0 Å². The maximum Gasteiger partial charge on any atom is 0.324 e. The van der Waals surface area contributed by atoms with Crippen molar-refractivity contribution in [3.05, 3.63) is 23.4 Å². The zero-order valence-corrected chi connectivity index (χ0v) is 11.6. The van der Waals surface area contributed by atoms with E-state index in [-0.39, 0.29) is 24.5 Å². The van der Waals surface area contributed by atoms with Gasteiger partial charge in [-0.15, -0.1) is 0 Å². The number of nitrogens with one attached hydrogen (secondary N) is 1. The Balaban J connectivity index is 1.63. The van der Waals surface area contributed by atoms with Crippen molar-refractivity contribution in [1.29, 1.82) is 0 Å². The van der Waals surface area contributed by atoms with Crippen LogP contribution in [0.5, 0.6) is 0 Å². The van der Waals surface area contributed by atoms with Gasteiger partial charge >= 0.3 is 6.03 Å². The summed E-state index contributed by atoms with van der Waals surface area (Å²) >= 11 is 5.82. The maximum absolute atomic E-state index is 11.7. The van der Waals surface area contributed by atoms with Crippen LogP contribution in [0.3, 0.4) is 0 Å². The van der Waals surface area contributed by atoms with Crippen LogP contribution < -0.4 is 10.2 Å². The van der Waals surface area contributed by atoms with Crippen molar-refractivity contribution >= 4 is 29.4 Å². The Labute approximate surface area is 121 Å². The quantitative estimate of drug-likeness (QED) is 0.834. The van der Waals surface area contributed by atoms with Crippen LogP contribution in [0.2, 0.25) is 5.02 Å². The van der Waals surface area contributed by atoms with Crippen LogP contribution in [-0.4, -0.2) is 47.5 Å². The number of hydrogen-bond donors (Lipinski definition) is 1. The highest BCUT2D eigenvalue weighted by molar-refractivity contribution is 6.30. The molecule has 6 nitrogen and oxygen atoms in total. The summed E-state index contributed by atoms with van der Waals surface area (Å²) in [5.41, 5.74) is 0. The highest BCUT2D eigenvalue weighted by Crippen LogP contribution is 2.23. The van der Waals surface area contributed by atoms with Crippen molar-refractivity contribution in [3.63, 3.8) is 0 Å². The standard InChI is InChI=1S/C13H15ClN4O2/c14-9-1-2-11(15-7-9)17-5-3-10(4-6-17)18-12(19)8-16-13(18)20/h1-2,7,10H,3-6,8H2,(H,16,20). The number of amides is 3. The summed E-state index contributed by atoms with van der Waals surface area (Å²) in [5, 5.41) is 3.18. The number of hydrogen-bond acceptors (Lipinski definition) is 4. The summed E-state index contributed by atoms with van der Waals surface area (Å²) in [4.78, 5) is 31.1. The third-order valence-corrected chi connectivity index (χ3v) is 3.97. The van der Waals surface area contributed by atoms with Crippen molar-refractivity contribution in [2.45, 2.75) is 18.9 Å². The molecule has 1 aromatic rings. The Morgan fingerprint density at radius 2 is 2.00 bits per heavy atom. The molecule has 2 fully saturated rings. The number of rotatable bonds is 2. The molecule has 3 amide bonds. The average molecular weight is 295 g/mol. The Morgan fingerprint density at radius 1 is 1.25 bits per heavy atom. The van der Waals surface area contributed by atoms with E-state index in [0.717, 1.165) is 31.7 Å². The first kappa shape index (κ1) is 13.2. The minimum atomic E-state index is -0.266. The van der Waals surface area contributed by atoms with E-state index in [1.807, 2.05) is 12.1 Å². The van der Waals surface area contributed by atoms with Gasteiger partial charge in [0.1, 0.15) is 5.82 Å². The Hall–Kier alpha value is -1.82. The molecule has 0 bridgehead atoms. The third kappa shape index (κ3) is 2.43. The average Bonchev–Trinajstić information content (AvgIpc) is 2.79. The fourth-order valence-corrected chi connectivity index (χ4v) is 2.82. The van der Waals surface area contributed by atoms with E-state index in [2.05, 4.69) is 15.2 Å². The fourth-order valence-electron chi connectivity index (χ4n) is 2.71. The Morgan fingerprint density at radius 3 is 2.55 bits per heavy atom. The molecule has 3 heterocycles. The molecule has 1 aromatic heterocycles. The second kappa shape index (κ2) is 5.28. The first-order valence-corrected chi connectivity index (χ1v) is 6.99. The lowest BCUT2D eigenvalue weighted by Crippen LogP contribution is -2.47. The molecule has 106 valence electrons. The first-order chi connectivity index (χ1) is 9.65. The molecule has 0 aliphatic carbocycles. The van der Waals surface area contributed by atoms with Gasteiger partial charge in [0.05, 0.1) is 11.6 Å². The lowest BCUT2D eigenvalue weighted by atomic mass is 10.0. The molecule has 0 radical (unpaired) electrons. The van der Waals surface area contributed by atoms with E-state index in [1.165, 1.54) is 4.90 Å². The smallest absolute Gasteiger partial charge is 0.324 e. The largest absolute Gasteiger partial charge is 0.356 e. The molecule has 2 aliphatic rings. The van der Waals surface area contributed by atoms with Crippen LogP contribution in [0.4, 0.5) is 10.6 Å². The summed E-state index contributed by atoms with van der Waals surface area (Å²) in [6.07, 6.45) is 3.16. The molecule has 0 saturated carbocycles. The van der Waals surface area contributed by atoms with Gasteiger partial charge in [0, 0.05) is 25.3 Å². The minimum Gasteiger partial charge on any atom is -0.356 e. The predicted octanol–water partition coefficient (Wildman–Crippen LogP) is 1.26. The molecule has 7 heteroatoms. The van der Waals surface area contributed by atoms with Crippen LogP contribution in [0.25, 0.3) is 0 Å². The van der Waals surface area contributed by atoms with Crippen LogP contribution in [0.15, 0.2) is 18.3 Å². The SMILES string of the molecule is O=C1CNC(=O)N1C1CCN(c2ccc(Cl)cn2)CC1. The monoisotopic (exact) mass is 294 g/mol. The van der Waals surface area contributed by atoms with Gasteiger partial charge in [0.2, 0.25) is 5.91 Å². The van der Waals surface area contributed by atoms with Crippen LogP contribution in [0.1, 0.15) is 12.8 Å². The van der Waals surface area contributed by atoms with E-state index < -0.39 is 0 Å². The summed E-state index contributed by atoms with van der Waals surface area (Å²) in [7, 11) is 0. The normalized spacial score (nSPS) is 20.4. The summed E-state index contributed by atoms with van der Waals surface area (Å²) in [5.74, 6) is 0.753. The van der Waals surface area contributed by atoms with E-state index in [0.29, 0.717) is 5.02 Å². The molecular formula is C13H15ClN4O2. The third-order valence-electron chi connectivity index (χ3n) is 3.74. The van der Waals surface area contributed by atoms with Crippen molar-refractivity contribution < 1.29 is 9.59 Å². The number of halogens is 1. The number of anilines is 1. The second-order valence-corrected chi connectivity index (χ2v) is 5.41. The molecule has 0 aromatic carbocycles. The molecule has 2 saturated heterocycles. The highest BCUT2D eigenvalue weighted by Gasteiger charge is 2.36. The van der Waals surface area contributed by atoms with Crippen LogP contribution in [0, 0.1) is 0 Å². The second-order valence-electron chi connectivity index (χ2n) is 4.98. The molecule has 1 N–H and O–H groups in total. The zero-order valence-electron chi connectivity index (χ0n) is 10.9. The van der Waals surface area contributed by atoms with Crippen molar-refractivity contribution in [3.8, 4) is 0 Å². The number of urea groups is 1. The number of pyridine rings is 1. The molecule has 2 aliphatic heterocycles. The van der Waals surface area contributed by atoms with Crippen LogP contribution in [-0.2, 0) is 4.79 Å². The van der Waals surface area contributed by atoms with E-state index in [4.69, 9.17) is 11.6 Å². The lowest BCUT2D eigenvalue weighted by molar-refractivity contribution is -0.126. The molecule has 20 heavy (non-hydrogen) atoms. The molecule has 0 atom stereocenters. The van der Waals surface area contributed by atoms with E-state index >= 15 is 0 Å². The van der Waals surface area contributed by atoms with Gasteiger partial charge in [-0.25, -0.2) is 9.78 Å². The van der Waals surface area contributed by atoms with Gasteiger partial charge in [-0.05, 0) is 25.0 Å². The van der Waals surface area contributed by atoms with Crippen molar-refractivity contribution in [1.82, 2.24) is 15.2 Å². The lowest BCUT2D eigenvalue weighted by Gasteiger charge is -2.35. The number of nitrogens with zero attached hydrogens (tertiary/aromatic N) is 3. The van der Waals surface area contributed by atoms with Gasteiger partial charge < -0.3 is 10.2 Å².